The van der Waals surface area contributed by atoms with E-state index in [1.54, 1.807) is 0 Å². The predicted octanol–water partition coefficient (Wildman–Crippen LogP) is 3.64. The summed E-state index contributed by atoms with van der Waals surface area (Å²) < 4.78 is 12.2. The average molecular weight is 787 g/mol. The van der Waals surface area contributed by atoms with Crippen molar-refractivity contribution < 1.29 is 62.0 Å². The van der Waals surface area contributed by atoms with Crippen LogP contribution >= 0.6 is 0 Å². The van der Waals surface area contributed by atoms with Gasteiger partial charge in [-0.15, -0.1) is 0 Å². The quantitative estimate of drug-likeness (QED) is 0.0580. The maximum atomic E-state index is 12.4. The third-order valence-electron chi connectivity index (χ3n) is 8.95. The van der Waals surface area contributed by atoms with Gasteiger partial charge in [0.2, 0.25) is 0 Å². The van der Waals surface area contributed by atoms with Gasteiger partial charge in [0.05, 0.1) is 41.4 Å². The van der Waals surface area contributed by atoms with E-state index in [1.807, 2.05) is 0 Å². The second-order valence-electron chi connectivity index (χ2n) is 14.9. The summed E-state index contributed by atoms with van der Waals surface area (Å²) in [6.07, 6.45) is 31.3. The molecule has 0 unspecified atom stereocenters. The van der Waals surface area contributed by atoms with Gasteiger partial charge in [0.15, 0.2) is 13.1 Å². The van der Waals surface area contributed by atoms with Crippen LogP contribution in [0.2, 0.25) is 0 Å². The number of likely N-dealkylation sites (N-methyl/N-ethyl adjacent to an activating group) is 2. The topological polar surface area (TPSA) is 52.6 Å². The Labute approximate surface area is 308 Å². The standard InChI is InChI=1S/C38H78N2O4.2BrH/c1-7-9-11-13-15-17-19-21-23-25-27-29-33-43-37(41)35-39(3,4)31-32-40(5,6)36-38(42)44-34-30-28-26-24-22-20-18-16-14-12-10-8-2;;/h7-36H2,1-6H3;2*1H/q+2;;/p-2. The molecule has 0 bridgehead atoms. The first kappa shape index (κ1) is 50.2. The average Bonchev–Trinajstić information content (AvgIpc) is 2.96. The summed E-state index contributed by atoms with van der Waals surface area (Å²) in [5.74, 6) is -0.240. The van der Waals surface area contributed by atoms with Crippen LogP contribution in [-0.4, -0.2) is 88.5 Å². The molecule has 0 aliphatic heterocycles. The van der Waals surface area contributed by atoms with Crippen LogP contribution in [0.25, 0.3) is 0 Å². The Kier molecular flexibility index (Phi) is 37.8. The first-order valence-corrected chi connectivity index (χ1v) is 19.1. The monoisotopic (exact) mass is 784 g/mol. The third kappa shape index (κ3) is 36.7. The number of halogens is 2. The van der Waals surface area contributed by atoms with Crippen molar-refractivity contribution in [1.82, 2.24) is 0 Å². The molecule has 0 saturated heterocycles. The highest BCUT2D eigenvalue weighted by Gasteiger charge is 2.28. The molecular formula is C38H78Br2N2O4. The van der Waals surface area contributed by atoms with Gasteiger partial charge in [0, 0.05) is 0 Å². The summed E-state index contributed by atoms with van der Waals surface area (Å²) in [7, 11) is 8.27. The smallest absolute Gasteiger partial charge is 0.361 e. The van der Waals surface area contributed by atoms with E-state index in [9.17, 15) is 9.59 Å². The Morgan fingerprint density at radius 1 is 0.391 bits per heavy atom. The zero-order valence-electron chi connectivity index (χ0n) is 31.5. The van der Waals surface area contributed by atoms with Gasteiger partial charge in [-0.25, -0.2) is 9.59 Å². The Morgan fingerprint density at radius 3 is 0.848 bits per heavy atom. The molecule has 0 amide bonds. The number of esters is 2. The Balaban J connectivity index is -0.00000924. The van der Waals surface area contributed by atoms with Crippen molar-refractivity contribution in [3.8, 4) is 0 Å². The van der Waals surface area contributed by atoms with Crippen molar-refractivity contribution in [2.24, 2.45) is 0 Å². The molecule has 0 aromatic heterocycles. The number of nitrogens with zero attached hydrogens (tertiary/aromatic N) is 2. The molecule has 0 heterocycles. The van der Waals surface area contributed by atoms with E-state index >= 15 is 0 Å². The molecular weight excluding hydrogens is 708 g/mol. The summed E-state index contributed by atoms with van der Waals surface area (Å²) >= 11 is 0. The first-order chi connectivity index (χ1) is 21.1. The molecule has 0 aliphatic carbocycles. The van der Waals surface area contributed by atoms with E-state index in [0.717, 1.165) is 38.8 Å². The van der Waals surface area contributed by atoms with Gasteiger partial charge in [0.1, 0.15) is 13.1 Å². The SMILES string of the molecule is CCCCCCCCCCCCCCOC(=O)C[N+](C)(C)CC[N+](C)(C)CC(=O)OCCCCCCCCCCCCCC.[Br-].[Br-]. The molecule has 0 radical (unpaired) electrons. The van der Waals surface area contributed by atoms with Crippen LogP contribution in [0, 0.1) is 0 Å². The van der Waals surface area contributed by atoms with Crippen molar-refractivity contribution in [2.45, 2.75) is 168 Å². The summed E-state index contributed by atoms with van der Waals surface area (Å²) in [6.45, 7) is 7.92. The molecule has 0 saturated carbocycles. The predicted molar refractivity (Wildman–Crippen MR) is 188 cm³/mol. The van der Waals surface area contributed by atoms with Crippen molar-refractivity contribution in [3.63, 3.8) is 0 Å². The van der Waals surface area contributed by atoms with Crippen LogP contribution in [0.15, 0.2) is 0 Å². The van der Waals surface area contributed by atoms with Crippen LogP contribution in [0.3, 0.4) is 0 Å². The lowest BCUT2D eigenvalue weighted by Crippen LogP contribution is -3.00. The summed E-state index contributed by atoms with van der Waals surface area (Å²) in [4.78, 5) is 24.9. The van der Waals surface area contributed by atoms with E-state index in [4.69, 9.17) is 9.47 Å². The van der Waals surface area contributed by atoms with Crippen LogP contribution < -0.4 is 34.0 Å². The highest BCUT2D eigenvalue weighted by molar-refractivity contribution is 5.70. The first-order valence-electron chi connectivity index (χ1n) is 19.1. The Bertz CT molecular complexity index is 621. The molecule has 0 aliphatic rings. The zero-order valence-corrected chi connectivity index (χ0v) is 34.7. The van der Waals surface area contributed by atoms with Crippen molar-refractivity contribution in [3.05, 3.63) is 0 Å². The maximum absolute atomic E-state index is 12.4. The molecule has 0 atom stereocenters. The lowest BCUT2D eigenvalue weighted by atomic mass is 10.1. The van der Waals surface area contributed by atoms with Crippen molar-refractivity contribution in [1.29, 1.82) is 0 Å². The van der Waals surface area contributed by atoms with E-state index < -0.39 is 0 Å². The van der Waals surface area contributed by atoms with E-state index in [1.165, 1.54) is 128 Å². The van der Waals surface area contributed by atoms with Gasteiger partial charge < -0.3 is 52.4 Å². The van der Waals surface area contributed by atoms with Crippen molar-refractivity contribution >= 4 is 11.9 Å². The molecule has 0 aromatic carbocycles. The normalized spacial score (nSPS) is 11.5. The molecule has 6 nitrogen and oxygen atoms in total. The minimum absolute atomic E-state index is 0. The fourth-order valence-electron chi connectivity index (χ4n) is 5.75. The largest absolute Gasteiger partial charge is 1.00 e. The van der Waals surface area contributed by atoms with Gasteiger partial charge in [-0.3, -0.25) is 0 Å². The minimum Gasteiger partial charge on any atom is -1.00 e. The third-order valence-corrected chi connectivity index (χ3v) is 8.95. The zero-order chi connectivity index (χ0) is 32.8. The molecule has 46 heavy (non-hydrogen) atoms. The highest BCUT2D eigenvalue weighted by atomic mass is 79.9. The maximum Gasteiger partial charge on any atom is 0.361 e. The number of ether oxygens (including phenoxy) is 2. The number of hydrogen-bond acceptors (Lipinski definition) is 4. The molecule has 0 spiro atoms. The summed E-state index contributed by atoms with van der Waals surface area (Å²) in [6, 6.07) is 0. The number of unbranched alkanes of at least 4 members (excludes halogenated alkanes) is 22. The minimum atomic E-state index is -0.120. The molecule has 0 fully saturated rings. The van der Waals surface area contributed by atoms with E-state index in [2.05, 4.69) is 42.0 Å². The highest BCUT2D eigenvalue weighted by Crippen LogP contribution is 2.13. The van der Waals surface area contributed by atoms with Crippen molar-refractivity contribution in [2.75, 3.05) is 67.6 Å². The fourth-order valence-corrected chi connectivity index (χ4v) is 5.75. The molecule has 278 valence electrons. The number of quaternary nitrogens is 2. The van der Waals surface area contributed by atoms with E-state index in [-0.39, 0.29) is 45.9 Å². The number of carbonyl (C=O) groups excluding carboxylic acids is 2. The van der Waals surface area contributed by atoms with Crippen LogP contribution in [0.1, 0.15) is 168 Å². The summed E-state index contributed by atoms with van der Waals surface area (Å²) in [5, 5.41) is 0. The van der Waals surface area contributed by atoms with E-state index in [0.29, 0.717) is 35.3 Å². The molecule has 8 heteroatoms. The van der Waals surface area contributed by atoms with Gasteiger partial charge in [-0.2, -0.15) is 0 Å². The fraction of sp³-hybridized carbons (Fsp3) is 0.947. The van der Waals surface area contributed by atoms with Gasteiger partial charge in [-0.05, 0) is 12.8 Å². The second kappa shape index (κ2) is 34.7. The number of carbonyl (C=O) groups is 2. The number of rotatable bonds is 33. The lowest BCUT2D eigenvalue weighted by Gasteiger charge is -2.34. The Hall–Kier alpha value is -0.180. The van der Waals surface area contributed by atoms with Gasteiger partial charge in [0.25, 0.3) is 0 Å². The second-order valence-corrected chi connectivity index (χ2v) is 14.9. The summed E-state index contributed by atoms with van der Waals surface area (Å²) in [5.41, 5.74) is 0. The Morgan fingerprint density at radius 2 is 0.609 bits per heavy atom. The molecule has 0 rings (SSSR count). The molecule has 0 aromatic rings. The number of hydrogen-bond donors (Lipinski definition) is 0. The van der Waals surface area contributed by atoms with Gasteiger partial charge >= 0.3 is 11.9 Å². The molecule has 0 N–H and O–H groups in total. The van der Waals surface area contributed by atoms with Crippen LogP contribution in [0.5, 0.6) is 0 Å². The van der Waals surface area contributed by atoms with Crippen LogP contribution in [-0.2, 0) is 19.1 Å². The van der Waals surface area contributed by atoms with Gasteiger partial charge in [-0.1, -0.05) is 155 Å². The lowest BCUT2D eigenvalue weighted by molar-refractivity contribution is -0.939. The van der Waals surface area contributed by atoms with Crippen LogP contribution in [0.4, 0.5) is 0 Å².